The average Bonchev–Trinajstić information content (AvgIpc) is 2.97. The van der Waals surface area contributed by atoms with Crippen molar-refractivity contribution in [1.82, 2.24) is 0 Å². The Kier molecular flexibility index (Phi) is 8.79. The highest BCUT2D eigenvalue weighted by atomic mass is 14.2. The lowest BCUT2D eigenvalue weighted by molar-refractivity contribution is 1.33. The van der Waals surface area contributed by atoms with Crippen molar-refractivity contribution >= 4 is 27.1 Å². The molecule has 39 heavy (non-hydrogen) atoms. The molecule has 0 aliphatic heterocycles. The first-order valence-electron chi connectivity index (χ1n) is 13.5. The maximum Gasteiger partial charge on any atom is -0.00264 e. The monoisotopic (exact) mass is 506 g/mol. The molecule has 194 valence electrons. The zero-order valence-corrected chi connectivity index (χ0v) is 23.9. The molecule has 0 heteroatoms. The van der Waals surface area contributed by atoms with Crippen molar-refractivity contribution < 1.29 is 0 Å². The summed E-state index contributed by atoms with van der Waals surface area (Å²) >= 11 is 0. The molecular formula is C39H38. The number of allylic oxidation sites excluding steroid dienone is 12. The molecule has 0 aliphatic rings. The Labute approximate surface area is 234 Å². The van der Waals surface area contributed by atoms with Gasteiger partial charge in [-0.2, -0.15) is 0 Å². The van der Waals surface area contributed by atoms with E-state index in [9.17, 15) is 0 Å². The van der Waals surface area contributed by atoms with Crippen molar-refractivity contribution in [2.24, 2.45) is 0 Å². The van der Waals surface area contributed by atoms with E-state index in [1.807, 2.05) is 12.2 Å². The summed E-state index contributed by atoms with van der Waals surface area (Å²) < 4.78 is 0. The van der Waals surface area contributed by atoms with Crippen LogP contribution in [-0.2, 0) is 0 Å². The minimum Gasteiger partial charge on any atom is -0.0990 e. The Morgan fingerprint density at radius 1 is 0.590 bits per heavy atom. The van der Waals surface area contributed by atoms with Crippen LogP contribution in [-0.4, -0.2) is 0 Å². The molecule has 0 saturated carbocycles. The van der Waals surface area contributed by atoms with Gasteiger partial charge in [-0.05, 0) is 112 Å². The van der Waals surface area contributed by atoms with Crippen LogP contribution in [0, 0.1) is 6.92 Å². The molecule has 0 spiro atoms. The second-order valence-electron chi connectivity index (χ2n) is 10.1. The van der Waals surface area contributed by atoms with Gasteiger partial charge >= 0.3 is 0 Å². The maximum absolute atomic E-state index is 3.90. The molecule has 0 fully saturated rings. The Balaban J connectivity index is 1.71. The van der Waals surface area contributed by atoms with Gasteiger partial charge in [0.25, 0.3) is 0 Å². The number of aryl methyl sites for hydroxylation is 1. The third-order valence-electron chi connectivity index (χ3n) is 7.57. The van der Waals surface area contributed by atoms with E-state index >= 15 is 0 Å². The van der Waals surface area contributed by atoms with Gasteiger partial charge in [-0.1, -0.05) is 122 Å². The van der Waals surface area contributed by atoms with E-state index in [0.29, 0.717) is 0 Å². The van der Waals surface area contributed by atoms with E-state index < -0.39 is 0 Å². The number of hydrogen-bond donors (Lipinski definition) is 0. The van der Waals surface area contributed by atoms with Crippen LogP contribution in [0.2, 0.25) is 0 Å². The van der Waals surface area contributed by atoms with Crippen LogP contribution >= 0.6 is 0 Å². The van der Waals surface area contributed by atoms with Crippen molar-refractivity contribution in [3.63, 3.8) is 0 Å². The zero-order valence-electron chi connectivity index (χ0n) is 23.9. The van der Waals surface area contributed by atoms with E-state index in [1.165, 1.54) is 60.5 Å². The molecule has 0 radical (unpaired) electrons. The molecule has 0 bridgehead atoms. The van der Waals surface area contributed by atoms with Gasteiger partial charge < -0.3 is 0 Å². The van der Waals surface area contributed by atoms with Gasteiger partial charge in [0.2, 0.25) is 0 Å². The molecule has 0 aliphatic carbocycles. The first kappa shape index (κ1) is 27.6. The summed E-state index contributed by atoms with van der Waals surface area (Å²) in [5.74, 6) is 0. The van der Waals surface area contributed by atoms with Crippen LogP contribution in [0.5, 0.6) is 0 Å². The Morgan fingerprint density at radius 2 is 1.13 bits per heavy atom. The third-order valence-corrected chi connectivity index (χ3v) is 7.57. The molecule has 0 aromatic heterocycles. The summed E-state index contributed by atoms with van der Waals surface area (Å²) in [6.45, 7) is 18.5. The fourth-order valence-electron chi connectivity index (χ4n) is 5.02. The van der Waals surface area contributed by atoms with Crippen LogP contribution in [0.25, 0.3) is 38.2 Å². The van der Waals surface area contributed by atoms with Crippen molar-refractivity contribution in [2.45, 2.75) is 34.6 Å². The molecule has 0 unspecified atom stereocenters. The van der Waals surface area contributed by atoms with Gasteiger partial charge in [0, 0.05) is 0 Å². The van der Waals surface area contributed by atoms with Crippen LogP contribution in [0.1, 0.15) is 38.8 Å². The van der Waals surface area contributed by atoms with Gasteiger partial charge in [-0.25, -0.2) is 0 Å². The third kappa shape index (κ3) is 6.02. The van der Waals surface area contributed by atoms with Crippen molar-refractivity contribution in [3.8, 4) is 11.1 Å². The normalized spacial score (nSPS) is 13.7. The number of fused-ring (bicyclic) bond motifs is 2. The zero-order chi connectivity index (χ0) is 27.9. The Morgan fingerprint density at radius 3 is 1.69 bits per heavy atom. The number of rotatable bonds is 8. The van der Waals surface area contributed by atoms with Gasteiger partial charge in [-0.15, -0.1) is 0 Å². The lowest BCUT2D eigenvalue weighted by Crippen LogP contribution is -1.90. The Bertz CT molecular complexity index is 1650. The van der Waals surface area contributed by atoms with E-state index in [-0.39, 0.29) is 0 Å². The summed E-state index contributed by atoms with van der Waals surface area (Å²) in [6.07, 6.45) is 14.4. The second kappa shape index (κ2) is 12.4. The smallest absolute Gasteiger partial charge is 0.00264 e. The van der Waals surface area contributed by atoms with Gasteiger partial charge in [-0.3, -0.25) is 0 Å². The van der Waals surface area contributed by atoms with Crippen molar-refractivity contribution in [2.75, 3.05) is 0 Å². The van der Waals surface area contributed by atoms with E-state index in [2.05, 4.69) is 145 Å². The molecular weight excluding hydrogens is 468 g/mol. The molecule has 0 saturated heterocycles. The predicted molar refractivity (Wildman–Crippen MR) is 175 cm³/mol. The average molecular weight is 507 g/mol. The molecule has 0 atom stereocenters. The highest BCUT2D eigenvalue weighted by molar-refractivity contribution is 6.15. The first-order chi connectivity index (χ1) is 18.8. The van der Waals surface area contributed by atoms with Gasteiger partial charge in [0.05, 0.1) is 0 Å². The largest absolute Gasteiger partial charge is 0.0990 e. The standard InChI is InChI=1S/C39H38/c1-8-15-32(9-2)29(5)24-22-27(3)28(4)23-25-30(6)33-16-14-17-34(26-33)39-37-20-12-10-18-35(37)31(7)36-19-11-13-21-38(36)39/h8-26H,1-2H2,3-7H3/b27-22+,28-23+,29-24+,30-25+,32-15+. The van der Waals surface area contributed by atoms with Gasteiger partial charge in [0.15, 0.2) is 0 Å². The summed E-state index contributed by atoms with van der Waals surface area (Å²) in [6, 6.07) is 26.5. The molecule has 0 nitrogen and oxygen atoms in total. The number of hydrogen-bond acceptors (Lipinski definition) is 0. The SMILES string of the molecule is C=C/C=C(C=C)/C(C)=C/C=C(C)/C(C)=C/C=C(\C)c1cccc(-c2c3ccccc3c(C)c3ccccc23)c1. The van der Waals surface area contributed by atoms with E-state index in [1.54, 1.807) is 6.08 Å². The second-order valence-corrected chi connectivity index (χ2v) is 10.1. The lowest BCUT2D eigenvalue weighted by Gasteiger charge is -2.16. The van der Waals surface area contributed by atoms with Crippen LogP contribution < -0.4 is 0 Å². The molecule has 0 heterocycles. The highest BCUT2D eigenvalue weighted by Crippen LogP contribution is 2.39. The lowest BCUT2D eigenvalue weighted by atomic mass is 9.88. The van der Waals surface area contributed by atoms with Gasteiger partial charge in [0.1, 0.15) is 0 Å². The fraction of sp³-hybridized carbons (Fsp3) is 0.128. The minimum absolute atomic E-state index is 1.08. The molecule has 4 aromatic carbocycles. The maximum atomic E-state index is 3.90. The summed E-state index contributed by atoms with van der Waals surface area (Å²) in [5.41, 5.74) is 11.1. The van der Waals surface area contributed by atoms with E-state index in [4.69, 9.17) is 0 Å². The summed E-state index contributed by atoms with van der Waals surface area (Å²) in [4.78, 5) is 0. The van der Waals surface area contributed by atoms with Crippen LogP contribution in [0.15, 0.2) is 151 Å². The summed E-state index contributed by atoms with van der Waals surface area (Å²) in [7, 11) is 0. The van der Waals surface area contributed by atoms with E-state index in [0.717, 1.165) is 11.1 Å². The fourth-order valence-corrected chi connectivity index (χ4v) is 5.02. The van der Waals surface area contributed by atoms with Crippen LogP contribution in [0.4, 0.5) is 0 Å². The summed E-state index contributed by atoms with van der Waals surface area (Å²) in [5, 5.41) is 5.23. The molecule has 4 aromatic rings. The number of benzene rings is 4. The highest BCUT2D eigenvalue weighted by Gasteiger charge is 2.13. The Hall–Kier alpha value is -4.42. The molecule has 0 N–H and O–H groups in total. The quantitative estimate of drug-likeness (QED) is 0.165. The predicted octanol–water partition coefficient (Wildman–Crippen LogP) is 11.5. The molecule has 4 rings (SSSR count). The van der Waals surface area contributed by atoms with Crippen molar-refractivity contribution in [3.05, 3.63) is 162 Å². The van der Waals surface area contributed by atoms with Crippen molar-refractivity contribution in [1.29, 1.82) is 0 Å². The van der Waals surface area contributed by atoms with Crippen LogP contribution in [0.3, 0.4) is 0 Å². The minimum atomic E-state index is 1.08. The topological polar surface area (TPSA) is 0 Å². The first-order valence-corrected chi connectivity index (χ1v) is 13.5. The molecule has 0 amide bonds.